The van der Waals surface area contributed by atoms with Crippen molar-refractivity contribution in [3.8, 4) is 0 Å². The Kier molecular flexibility index (Phi) is 4.80. The summed E-state index contributed by atoms with van der Waals surface area (Å²) in [4.78, 5) is 14.7. The number of rotatable bonds is 4. The highest BCUT2D eigenvalue weighted by Gasteiger charge is 2.25. The summed E-state index contributed by atoms with van der Waals surface area (Å²) in [7, 11) is 3.82. The maximum atomic E-state index is 5.93. The molecule has 1 aliphatic rings. The van der Waals surface area contributed by atoms with E-state index in [0.29, 0.717) is 17.9 Å². The van der Waals surface area contributed by atoms with Gasteiger partial charge in [-0.05, 0) is 43.2 Å². The van der Waals surface area contributed by atoms with Crippen molar-refractivity contribution in [2.75, 3.05) is 24.3 Å². The number of aromatic nitrogens is 3. The van der Waals surface area contributed by atoms with Gasteiger partial charge in [-0.2, -0.15) is 15.0 Å². The molecule has 1 fully saturated rings. The van der Waals surface area contributed by atoms with Gasteiger partial charge in [-0.15, -0.1) is 0 Å². The van der Waals surface area contributed by atoms with Crippen LogP contribution >= 0.6 is 11.6 Å². The molecule has 1 aliphatic carbocycles. The van der Waals surface area contributed by atoms with E-state index in [4.69, 9.17) is 11.6 Å². The maximum Gasteiger partial charge on any atom is 0.231 e. The first-order chi connectivity index (χ1) is 9.13. The quantitative estimate of drug-likeness (QED) is 0.921. The molecule has 1 saturated carbocycles. The minimum Gasteiger partial charge on any atom is -0.357 e. The largest absolute Gasteiger partial charge is 0.357 e. The SMILES string of the molecule is CCC1CCC(N(C)c2nc(Cl)nc(NC)n2)CC1. The number of halogens is 1. The zero-order valence-electron chi connectivity index (χ0n) is 11.9. The Hall–Kier alpha value is -1.10. The van der Waals surface area contributed by atoms with Gasteiger partial charge >= 0.3 is 0 Å². The van der Waals surface area contributed by atoms with Gasteiger partial charge in [0, 0.05) is 20.1 Å². The molecule has 19 heavy (non-hydrogen) atoms. The zero-order chi connectivity index (χ0) is 13.8. The number of nitrogens with one attached hydrogen (secondary N) is 1. The molecule has 1 aromatic rings. The van der Waals surface area contributed by atoms with E-state index in [-0.39, 0.29) is 5.28 Å². The minimum atomic E-state index is 0.239. The standard InChI is InChI=1S/C13H22ClN5/c1-4-9-5-7-10(8-6-9)19(3)13-17-11(14)16-12(15-2)18-13/h9-10H,4-8H2,1-3H3,(H,15,16,17,18). The molecule has 1 N–H and O–H groups in total. The summed E-state index contributed by atoms with van der Waals surface area (Å²) in [6.45, 7) is 2.28. The highest BCUT2D eigenvalue weighted by Crippen LogP contribution is 2.30. The molecule has 0 radical (unpaired) electrons. The lowest BCUT2D eigenvalue weighted by Gasteiger charge is -2.34. The molecule has 0 unspecified atom stereocenters. The number of hydrogen-bond donors (Lipinski definition) is 1. The normalized spacial score (nSPS) is 23.2. The molecule has 0 spiro atoms. The molecule has 106 valence electrons. The molecular weight excluding hydrogens is 262 g/mol. The third-order valence-electron chi connectivity index (χ3n) is 4.08. The topological polar surface area (TPSA) is 53.9 Å². The highest BCUT2D eigenvalue weighted by atomic mass is 35.5. The predicted molar refractivity (Wildman–Crippen MR) is 78.8 cm³/mol. The van der Waals surface area contributed by atoms with Crippen LogP contribution in [0.5, 0.6) is 0 Å². The fourth-order valence-electron chi connectivity index (χ4n) is 2.71. The molecule has 0 aromatic carbocycles. The van der Waals surface area contributed by atoms with Crippen molar-refractivity contribution in [3.63, 3.8) is 0 Å². The lowest BCUT2D eigenvalue weighted by molar-refractivity contribution is 0.312. The van der Waals surface area contributed by atoms with E-state index in [9.17, 15) is 0 Å². The molecule has 0 amide bonds. The van der Waals surface area contributed by atoms with Gasteiger partial charge in [-0.3, -0.25) is 0 Å². The molecule has 5 nitrogen and oxygen atoms in total. The van der Waals surface area contributed by atoms with Gasteiger partial charge < -0.3 is 10.2 Å². The highest BCUT2D eigenvalue weighted by molar-refractivity contribution is 6.28. The summed E-state index contributed by atoms with van der Waals surface area (Å²) >= 11 is 5.93. The summed E-state index contributed by atoms with van der Waals surface area (Å²) in [5, 5.41) is 3.15. The maximum absolute atomic E-state index is 5.93. The average Bonchev–Trinajstić information content (AvgIpc) is 2.46. The Morgan fingerprint density at radius 1 is 1.21 bits per heavy atom. The van der Waals surface area contributed by atoms with Crippen molar-refractivity contribution < 1.29 is 0 Å². The van der Waals surface area contributed by atoms with Gasteiger partial charge in [-0.1, -0.05) is 13.3 Å². The van der Waals surface area contributed by atoms with Crippen molar-refractivity contribution in [1.82, 2.24) is 15.0 Å². The molecule has 0 atom stereocenters. The van der Waals surface area contributed by atoms with E-state index < -0.39 is 0 Å². The van der Waals surface area contributed by atoms with E-state index >= 15 is 0 Å². The van der Waals surface area contributed by atoms with Gasteiger partial charge in [0.2, 0.25) is 17.2 Å². The Labute approximate surface area is 119 Å². The number of hydrogen-bond acceptors (Lipinski definition) is 5. The summed E-state index contributed by atoms with van der Waals surface area (Å²) in [5.74, 6) is 2.06. The van der Waals surface area contributed by atoms with Crippen LogP contribution in [0.2, 0.25) is 5.28 Å². The molecule has 0 aliphatic heterocycles. The van der Waals surface area contributed by atoms with Crippen LogP contribution in [0.25, 0.3) is 0 Å². The van der Waals surface area contributed by atoms with Crippen molar-refractivity contribution in [2.45, 2.75) is 45.1 Å². The zero-order valence-corrected chi connectivity index (χ0v) is 12.6. The van der Waals surface area contributed by atoms with Gasteiger partial charge in [-0.25, -0.2) is 0 Å². The summed E-state index contributed by atoms with van der Waals surface area (Å²) in [6, 6.07) is 0.506. The number of anilines is 2. The Bertz CT molecular complexity index is 417. The molecular formula is C13H22ClN5. The third-order valence-corrected chi connectivity index (χ3v) is 4.25. The second kappa shape index (κ2) is 6.37. The summed E-state index contributed by atoms with van der Waals surface area (Å²) in [5.41, 5.74) is 0. The van der Waals surface area contributed by atoms with E-state index in [1.54, 1.807) is 7.05 Å². The first-order valence-electron chi connectivity index (χ1n) is 6.96. The lowest BCUT2D eigenvalue weighted by atomic mass is 9.84. The smallest absolute Gasteiger partial charge is 0.231 e. The van der Waals surface area contributed by atoms with Gasteiger partial charge in [0.1, 0.15) is 0 Å². The van der Waals surface area contributed by atoms with Crippen molar-refractivity contribution in [2.24, 2.45) is 5.92 Å². The Balaban J connectivity index is 2.07. The van der Waals surface area contributed by atoms with Crippen LogP contribution in [0.15, 0.2) is 0 Å². The molecule has 1 heterocycles. The minimum absolute atomic E-state index is 0.239. The Morgan fingerprint density at radius 2 is 1.89 bits per heavy atom. The van der Waals surface area contributed by atoms with Gasteiger partial charge in [0.15, 0.2) is 0 Å². The lowest BCUT2D eigenvalue weighted by Crippen LogP contribution is -2.36. The summed E-state index contributed by atoms with van der Waals surface area (Å²) in [6.07, 6.45) is 6.28. The molecule has 6 heteroatoms. The van der Waals surface area contributed by atoms with Crippen LogP contribution in [0.4, 0.5) is 11.9 Å². The van der Waals surface area contributed by atoms with Crippen molar-refractivity contribution >= 4 is 23.5 Å². The molecule has 1 aromatic heterocycles. The first kappa shape index (κ1) is 14.3. The van der Waals surface area contributed by atoms with Gasteiger partial charge in [0.05, 0.1) is 0 Å². The van der Waals surface area contributed by atoms with E-state index in [0.717, 1.165) is 5.92 Å². The Morgan fingerprint density at radius 3 is 2.47 bits per heavy atom. The first-order valence-corrected chi connectivity index (χ1v) is 7.34. The second-order valence-electron chi connectivity index (χ2n) is 5.17. The third kappa shape index (κ3) is 3.47. The van der Waals surface area contributed by atoms with Crippen LogP contribution in [0.1, 0.15) is 39.0 Å². The van der Waals surface area contributed by atoms with Gasteiger partial charge in [0.25, 0.3) is 0 Å². The van der Waals surface area contributed by atoms with E-state index in [1.165, 1.54) is 32.1 Å². The van der Waals surface area contributed by atoms with Crippen LogP contribution in [0, 0.1) is 5.92 Å². The van der Waals surface area contributed by atoms with E-state index in [2.05, 4.69) is 32.1 Å². The fraction of sp³-hybridized carbons (Fsp3) is 0.769. The van der Waals surface area contributed by atoms with Crippen LogP contribution in [0.3, 0.4) is 0 Å². The fourth-order valence-corrected chi connectivity index (χ4v) is 2.87. The van der Waals surface area contributed by atoms with Crippen LogP contribution in [-0.2, 0) is 0 Å². The molecule has 2 rings (SSSR count). The van der Waals surface area contributed by atoms with Crippen molar-refractivity contribution in [3.05, 3.63) is 5.28 Å². The monoisotopic (exact) mass is 283 g/mol. The second-order valence-corrected chi connectivity index (χ2v) is 5.51. The number of nitrogens with zero attached hydrogens (tertiary/aromatic N) is 4. The van der Waals surface area contributed by atoms with Crippen LogP contribution < -0.4 is 10.2 Å². The molecule has 0 bridgehead atoms. The average molecular weight is 284 g/mol. The van der Waals surface area contributed by atoms with Crippen LogP contribution in [-0.4, -0.2) is 35.1 Å². The van der Waals surface area contributed by atoms with Crippen molar-refractivity contribution in [1.29, 1.82) is 0 Å². The molecule has 0 saturated heterocycles. The predicted octanol–water partition coefficient (Wildman–Crippen LogP) is 2.97. The summed E-state index contributed by atoms with van der Waals surface area (Å²) < 4.78 is 0. The van der Waals surface area contributed by atoms with E-state index in [1.807, 2.05) is 7.05 Å².